The van der Waals surface area contributed by atoms with E-state index in [9.17, 15) is 0 Å². The highest BCUT2D eigenvalue weighted by Crippen LogP contribution is 2.15. The SMILES string of the molecule is CCNC(=NCc1cccnc1OC)NCc1ncc(CC)s1. The van der Waals surface area contributed by atoms with E-state index in [2.05, 4.69) is 32.5 Å². The number of guanidine groups is 1. The van der Waals surface area contributed by atoms with Gasteiger partial charge >= 0.3 is 0 Å². The van der Waals surface area contributed by atoms with Crippen molar-refractivity contribution in [1.29, 1.82) is 0 Å². The Balaban J connectivity index is 1.99. The smallest absolute Gasteiger partial charge is 0.218 e. The Hall–Kier alpha value is -2.15. The highest BCUT2D eigenvalue weighted by Gasteiger charge is 2.05. The molecule has 0 radical (unpaired) electrons. The molecule has 2 N–H and O–H groups in total. The third-order valence-electron chi connectivity index (χ3n) is 3.15. The van der Waals surface area contributed by atoms with E-state index in [0.29, 0.717) is 19.0 Å². The van der Waals surface area contributed by atoms with Crippen LogP contribution in [-0.4, -0.2) is 29.6 Å². The second-order valence-corrected chi connectivity index (χ2v) is 5.99. The fourth-order valence-electron chi connectivity index (χ4n) is 1.99. The lowest BCUT2D eigenvalue weighted by Gasteiger charge is -2.10. The van der Waals surface area contributed by atoms with Crippen LogP contribution in [0.4, 0.5) is 0 Å². The molecule has 2 heterocycles. The minimum Gasteiger partial charge on any atom is -0.481 e. The van der Waals surface area contributed by atoms with Crippen LogP contribution in [0.3, 0.4) is 0 Å². The Labute approximate surface area is 141 Å². The monoisotopic (exact) mass is 333 g/mol. The predicted octanol–water partition coefficient (Wildman–Crippen LogP) is 2.36. The summed E-state index contributed by atoms with van der Waals surface area (Å²) in [6.07, 6.45) is 4.67. The number of rotatable bonds is 7. The van der Waals surface area contributed by atoms with Gasteiger partial charge in [-0.1, -0.05) is 13.0 Å². The maximum absolute atomic E-state index is 5.25. The Bertz CT molecular complexity index is 641. The molecule has 0 atom stereocenters. The van der Waals surface area contributed by atoms with Crippen LogP contribution >= 0.6 is 11.3 Å². The zero-order valence-corrected chi connectivity index (χ0v) is 14.6. The van der Waals surface area contributed by atoms with Gasteiger partial charge in [0.2, 0.25) is 5.88 Å². The van der Waals surface area contributed by atoms with Crippen molar-refractivity contribution in [2.24, 2.45) is 4.99 Å². The average molecular weight is 333 g/mol. The molecule has 2 rings (SSSR count). The van der Waals surface area contributed by atoms with Gasteiger partial charge in [0.1, 0.15) is 5.01 Å². The fourth-order valence-corrected chi connectivity index (χ4v) is 2.79. The standard InChI is InChI=1S/C16H23N5OS/c1-4-13-10-19-14(23-13)11-21-16(17-5-2)20-9-12-7-6-8-18-15(12)22-3/h6-8,10H,4-5,9,11H2,1-3H3,(H2,17,20,21). The number of aliphatic imine (C=N–C) groups is 1. The lowest BCUT2D eigenvalue weighted by molar-refractivity contribution is 0.392. The molecule has 0 aliphatic heterocycles. The second kappa shape index (κ2) is 9.09. The molecule has 0 spiro atoms. The fraction of sp³-hybridized carbons (Fsp3) is 0.438. The topological polar surface area (TPSA) is 71.4 Å². The van der Waals surface area contributed by atoms with Crippen molar-refractivity contribution in [1.82, 2.24) is 20.6 Å². The van der Waals surface area contributed by atoms with E-state index in [1.54, 1.807) is 24.6 Å². The quantitative estimate of drug-likeness (QED) is 0.601. The molecule has 0 amide bonds. The van der Waals surface area contributed by atoms with Gasteiger partial charge in [0.25, 0.3) is 0 Å². The molecule has 0 saturated heterocycles. The van der Waals surface area contributed by atoms with Crippen LogP contribution in [0.5, 0.6) is 5.88 Å². The summed E-state index contributed by atoms with van der Waals surface area (Å²) in [5, 5.41) is 7.61. The second-order valence-electron chi connectivity index (χ2n) is 4.79. The molecule has 124 valence electrons. The number of pyridine rings is 1. The summed E-state index contributed by atoms with van der Waals surface area (Å²) >= 11 is 1.73. The molecule has 0 unspecified atom stereocenters. The number of hydrogen-bond donors (Lipinski definition) is 2. The van der Waals surface area contributed by atoms with Gasteiger partial charge in [-0.2, -0.15) is 0 Å². The van der Waals surface area contributed by atoms with Crippen LogP contribution in [0.2, 0.25) is 0 Å². The number of methoxy groups -OCH3 is 1. The number of aryl methyl sites for hydroxylation is 1. The number of aromatic nitrogens is 2. The summed E-state index contributed by atoms with van der Waals surface area (Å²) in [5.41, 5.74) is 0.953. The van der Waals surface area contributed by atoms with Crippen molar-refractivity contribution in [2.75, 3.05) is 13.7 Å². The van der Waals surface area contributed by atoms with Crippen LogP contribution < -0.4 is 15.4 Å². The first kappa shape index (κ1) is 17.2. The normalized spacial score (nSPS) is 11.3. The maximum Gasteiger partial charge on any atom is 0.218 e. The molecule has 2 aromatic heterocycles. The number of ether oxygens (including phenoxy) is 1. The van der Waals surface area contributed by atoms with E-state index >= 15 is 0 Å². The van der Waals surface area contributed by atoms with Crippen molar-refractivity contribution < 1.29 is 4.74 Å². The van der Waals surface area contributed by atoms with Gasteiger partial charge < -0.3 is 15.4 Å². The van der Waals surface area contributed by atoms with Crippen LogP contribution in [0, 0.1) is 0 Å². The van der Waals surface area contributed by atoms with Gasteiger partial charge in [0.15, 0.2) is 5.96 Å². The minimum absolute atomic E-state index is 0.504. The van der Waals surface area contributed by atoms with E-state index in [4.69, 9.17) is 4.74 Å². The zero-order chi connectivity index (χ0) is 16.5. The summed E-state index contributed by atoms with van der Waals surface area (Å²) in [5.74, 6) is 1.37. The number of hydrogen-bond acceptors (Lipinski definition) is 5. The lowest BCUT2D eigenvalue weighted by atomic mass is 10.3. The molecule has 7 heteroatoms. The molecule has 6 nitrogen and oxygen atoms in total. The van der Waals surface area contributed by atoms with Crippen LogP contribution in [0.1, 0.15) is 29.3 Å². The zero-order valence-electron chi connectivity index (χ0n) is 13.8. The first-order chi connectivity index (χ1) is 11.3. The van der Waals surface area contributed by atoms with Crippen molar-refractivity contribution in [3.05, 3.63) is 40.0 Å². The average Bonchev–Trinajstić information content (AvgIpc) is 3.05. The lowest BCUT2D eigenvalue weighted by Crippen LogP contribution is -2.36. The number of thiazole rings is 1. The molecule has 0 aromatic carbocycles. The van der Waals surface area contributed by atoms with Crippen molar-refractivity contribution in [3.8, 4) is 5.88 Å². The third kappa shape index (κ3) is 5.21. The largest absolute Gasteiger partial charge is 0.481 e. The van der Waals surface area contributed by atoms with Crippen molar-refractivity contribution >= 4 is 17.3 Å². The van der Waals surface area contributed by atoms with E-state index in [1.165, 1.54) is 4.88 Å². The van der Waals surface area contributed by atoms with Crippen molar-refractivity contribution in [3.63, 3.8) is 0 Å². The third-order valence-corrected chi connectivity index (χ3v) is 4.29. The van der Waals surface area contributed by atoms with Gasteiger partial charge in [0, 0.05) is 29.4 Å². The molecular formula is C16H23N5OS. The Morgan fingerprint density at radius 1 is 1.30 bits per heavy atom. The Morgan fingerprint density at radius 2 is 2.17 bits per heavy atom. The summed E-state index contributed by atoms with van der Waals surface area (Å²) in [6.45, 7) is 6.15. The van der Waals surface area contributed by atoms with E-state index < -0.39 is 0 Å². The summed E-state index contributed by atoms with van der Waals surface area (Å²) in [7, 11) is 1.62. The summed E-state index contributed by atoms with van der Waals surface area (Å²) < 4.78 is 5.25. The molecule has 0 aliphatic carbocycles. The van der Waals surface area contributed by atoms with E-state index in [1.807, 2.05) is 25.3 Å². The molecule has 23 heavy (non-hydrogen) atoms. The van der Waals surface area contributed by atoms with E-state index in [0.717, 1.165) is 29.5 Å². The highest BCUT2D eigenvalue weighted by molar-refractivity contribution is 7.11. The predicted molar refractivity (Wildman–Crippen MR) is 93.9 cm³/mol. The molecule has 2 aromatic rings. The minimum atomic E-state index is 0.504. The first-order valence-electron chi connectivity index (χ1n) is 7.70. The number of nitrogens with zero attached hydrogens (tertiary/aromatic N) is 3. The van der Waals surface area contributed by atoms with Gasteiger partial charge in [-0.25, -0.2) is 15.0 Å². The number of nitrogens with one attached hydrogen (secondary N) is 2. The van der Waals surface area contributed by atoms with Gasteiger partial charge in [-0.05, 0) is 19.4 Å². The molecule has 0 bridgehead atoms. The van der Waals surface area contributed by atoms with Crippen LogP contribution in [0.15, 0.2) is 29.5 Å². The van der Waals surface area contributed by atoms with Gasteiger partial charge in [0.05, 0.1) is 20.2 Å². The molecular weight excluding hydrogens is 310 g/mol. The van der Waals surface area contributed by atoms with Crippen molar-refractivity contribution in [2.45, 2.75) is 33.4 Å². The molecule has 0 fully saturated rings. The van der Waals surface area contributed by atoms with Crippen LogP contribution in [0.25, 0.3) is 0 Å². The summed E-state index contributed by atoms with van der Waals surface area (Å²) in [6, 6.07) is 3.85. The maximum atomic E-state index is 5.25. The first-order valence-corrected chi connectivity index (χ1v) is 8.52. The Kier molecular flexibility index (Phi) is 6.80. The Morgan fingerprint density at radius 3 is 2.87 bits per heavy atom. The summed E-state index contributed by atoms with van der Waals surface area (Å²) in [4.78, 5) is 14.5. The highest BCUT2D eigenvalue weighted by atomic mass is 32.1. The van der Waals surface area contributed by atoms with Gasteiger partial charge in [-0.3, -0.25) is 0 Å². The molecule has 0 aliphatic rings. The van der Waals surface area contributed by atoms with Crippen LogP contribution in [-0.2, 0) is 19.5 Å². The van der Waals surface area contributed by atoms with Gasteiger partial charge in [-0.15, -0.1) is 11.3 Å². The van der Waals surface area contributed by atoms with E-state index in [-0.39, 0.29) is 0 Å². The molecule has 0 saturated carbocycles.